The Morgan fingerprint density at radius 2 is 1.94 bits per heavy atom. The summed E-state index contributed by atoms with van der Waals surface area (Å²) in [5.41, 5.74) is 2.93. The maximum Gasteiger partial charge on any atom is 0.338 e. The zero-order valence-corrected chi connectivity index (χ0v) is 19.0. The van der Waals surface area contributed by atoms with E-state index in [0.717, 1.165) is 5.56 Å². The van der Waals surface area contributed by atoms with Gasteiger partial charge in [0.25, 0.3) is 5.91 Å². The predicted molar refractivity (Wildman–Crippen MR) is 127 cm³/mol. The minimum Gasteiger partial charge on any atom is -0.497 e. The molecule has 0 radical (unpaired) electrons. The van der Waals surface area contributed by atoms with Crippen LogP contribution in [0.5, 0.6) is 11.5 Å². The molecule has 2 aromatic carbocycles. The van der Waals surface area contributed by atoms with Crippen LogP contribution in [0.2, 0.25) is 0 Å². The number of aromatic amines is 1. The van der Waals surface area contributed by atoms with Gasteiger partial charge in [0.15, 0.2) is 6.10 Å². The molecule has 4 aromatic rings. The van der Waals surface area contributed by atoms with Crippen LogP contribution in [0.4, 0.5) is 5.69 Å². The zero-order valence-electron chi connectivity index (χ0n) is 19.0. The first-order valence-corrected chi connectivity index (χ1v) is 10.7. The van der Waals surface area contributed by atoms with Crippen LogP contribution >= 0.6 is 0 Å². The molecule has 4 rings (SSSR count). The Balaban J connectivity index is 1.50. The molecule has 0 aliphatic rings. The van der Waals surface area contributed by atoms with Crippen molar-refractivity contribution in [2.45, 2.75) is 19.4 Å². The fraction of sp³-hybridized carbons (Fsp3) is 0.200. The number of imidazole rings is 1. The minimum absolute atomic E-state index is 0.293. The Morgan fingerprint density at radius 3 is 2.65 bits per heavy atom. The van der Waals surface area contributed by atoms with Crippen molar-refractivity contribution in [3.8, 4) is 22.9 Å². The number of nitrogens with one attached hydrogen (secondary N) is 2. The number of hydrogen-bond donors (Lipinski definition) is 2. The number of ether oxygens (including phenoxy) is 3. The van der Waals surface area contributed by atoms with Gasteiger partial charge in [-0.2, -0.15) is 0 Å². The highest BCUT2D eigenvalue weighted by Crippen LogP contribution is 2.29. The lowest BCUT2D eigenvalue weighted by atomic mass is 10.2. The maximum atomic E-state index is 12.8. The number of methoxy groups -OCH3 is 2. The van der Waals surface area contributed by atoms with Gasteiger partial charge in [-0.15, -0.1) is 0 Å². The largest absolute Gasteiger partial charge is 0.497 e. The second-order valence-electron chi connectivity index (χ2n) is 7.42. The summed E-state index contributed by atoms with van der Waals surface area (Å²) in [5.74, 6) is 0.582. The van der Waals surface area contributed by atoms with Gasteiger partial charge in [0.05, 0.1) is 36.5 Å². The highest BCUT2D eigenvalue weighted by Gasteiger charge is 2.24. The van der Waals surface area contributed by atoms with Crippen LogP contribution in [-0.4, -0.2) is 47.2 Å². The van der Waals surface area contributed by atoms with Gasteiger partial charge in [-0.3, -0.25) is 9.78 Å². The van der Waals surface area contributed by atoms with E-state index in [-0.39, 0.29) is 0 Å². The molecular formula is C25H24N4O5. The Hall–Kier alpha value is -4.40. The predicted octanol–water partition coefficient (Wildman–Crippen LogP) is 4.22. The summed E-state index contributed by atoms with van der Waals surface area (Å²) >= 11 is 0. The molecule has 0 aliphatic carbocycles. The third kappa shape index (κ3) is 4.83. The topological polar surface area (TPSA) is 115 Å². The fourth-order valence-corrected chi connectivity index (χ4v) is 3.42. The number of pyridine rings is 1. The Kier molecular flexibility index (Phi) is 6.72. The molecule has 2 N–H and O–H groups in total. The second-order valence-corrected chi connectivity index (χ2v) is 7.42. The van der Waals surface area contributed by atoms with Crippen LogP contribution in [0.3, 0.4) is 0 Å². The van der Waals surface area contributed by atoms with Crippen LogP contribution in [-0.2, 0) is 9.53 Å². The average molecular weight is 460 g/mol. The summed E-state index contributed by atoms with van der Waals surface area (Å²) < 4.78 is 16.0. The lowest BCUT2D eigenvalue weighted by Crippen LogP contribution is -2.32. The second kappa shape index (κ2) is 10.0. The van der Waals surface area contributed by atoms with E-state index < -0.39 is 18.0 Å². The lowest BCUT2D eigenvalue weighted by molar-refractivity contribution is -0.124. The number of H-pyrrole nitrogens is 1. The number of anilines is 1. The smallest absolute Gasteiger partial charge is 0.338 e. The Morgan fingerprint density at radius 1 is 1.09 bits per heavy atom. The summed E-state index contributed by atoms with van der Waals surface area (Å²) in [6, 6.07) is 13.7. The molecule has 2 heterocycles. The average Bonchev–Trinajstić information content (AvgIpc) is 3.31. The van der Waals surface area contributed by atoms with Gasteiger partial charge in [-0.1, -0.05) is 6.92 Å². The molecule has 1 amide bonds. The van der Waals surface area contributed by atoms with Gasteiger partial charge in [0.1, 0.15) is 17.3 Å². The molecule has 0 fully saturated rings. The van der Waals surface area contributed by atoms with Crippen molar-refractivity contribution in [3.05, 3.63) is 66.5 Å². The number of carbonyl (C=O) groups is 2. The van der Waals surface area contributed by atoms with E-state index >= 15 is 0 Å². The number of aromatic nitrogens is 3. The van der Waals surface area contributed by atoms with E-state index in [4.69, 9.17) is 14.2 Å². The molecule has 0 bridgehead atoms. The number of esters is 1. The molecule has 1 atom stereocenters. The molecule has 34 heavy (non-hydrogen) atoms. The lowest BCUT2D eigenvalue weighted by Gasteiger charge is -2.17. The van der Waals surface area contributed by atoms with Crippen molar-refractivity contribution in [3.63, 3.8) is 0 Å². The third-order valence-corrected chi connectivity index (χ3v) is 5.23. The van der Waals surface area contributed by atoms with E-state index in [2.05, 4.69) is 20.3 Å². The zero-order chi connectivity index (χ0) is 24.1. The summed E-state index contributed by atoms with van der Waals surface area (Å²) in [7, 11) is 3.03. The number of nitrogens with zero attached hydrogens (tertiary/aromatic N) is 2. The standard InChI is InChI=1S/C25H24N4O5/c1-4-21(24(30)29-20-13-17(32-2)8-10-22(20)33-3)34-25(31)15-7-9-18-19(12-15)28-23(27-18)16-6-5-11-26-14-16/h5-14,21H,4H2,1-3H3,(H,27,28)(H,29,30). The van der Waals surface area contributed by atoms with Crippen molar-refractivity contribution in [2.24, 2.45) is 0 Å². The summed E-state index contributed by atoms with van der Waals surface area (Å²) in [6.07, 6.45) is 2.69. The van der Waals surface area contributed by atoms with Gasteiger partial charge >= 0.3 is 5.97 Å². The van der Waals surface area contributed by atoms with Crippen molar-refractivity contribution in [2.75, 3.05) is 19.5 Å². The summed E-state index contributed by atoms with van der Waals surface area (Å²) in [5, 5.41) is 2.75. The van der Waals surface area contributed by atoms with E-state index in [1.807, 2.05) is 12.1 Å². The molecular weight excluding hydrogens is 436 g/mol. The third-order valence-electron chi connectivity index (χ3n) is 5.23. The van der Waals surface area contributed by atoms with Gasteiger partial charge in [-0.25, -0.2) is 9.78 Å². The molecule has 1 unspecified atom stereocenters. The van der Waals surface area contributed by atoms with Crippen LogP contribution < -0.4 is 14.8 Å². The van der Waals surface area contributed by atoms with Gasteiger partial charge in [-0.05, 0) is 48.9 Å². The number of hydrogen-bond acceptors (Lipinski definition) is 7. The monoisotopic (exact) mass is 460 g/mol. The number of rotatable bonds is 8. The number of amides is 1. The van der Waals surface area contributed by atoms with Gasteiger partial charge < -0.3 is 24.5 Å². The van der Waals surface area contributed by atoms with E-state index in [9.17, 15) is 9.59 Å². The first-order chi connectivity index (χ1) is 16.5. The van der Waals surface area contributed by atoms with Gasteiger partial charge in [0.2, 0.25) is 0 Å². The van der Waals surface area contributed by atoms with Crippen molar-refractivity contribution in [1.82, 2.24) is 15.0 Å². The Bertz CT molecular complexity index is 1320. The van der Waals surface area contributed by atoms with E-state index in [0.29, 0.717) is 46.0 Å². The van der Waals surface area contributed by atoms with Crippen LogP contribution in [0, 0.1) is 0 Å². The molecule has 9 nitrogen and oxygen atoms in total. The van der Waals surface area contributed by atoms with E-state index in [1.54, 1.807) is 55.7 Å². The number of carbonyl (C=O) groups excluding carboxylic acids is 2. The van der Waals surface area contributed by atoms with Crippen molar-refractivity contribution < 1.29 is 23.8 Å². The fourth-order valence-electron chi connectivity index (χ4n) is 3.42. The molecule has 2 aromatic heterocycles. The van der Waals surface area contributed by atoms with Crippen molar-refractivity contribution in [1.29, 1.82) is 0 Å². The van der Waals surface area contributed by atoms with Crippen LogP contribution in [0.1, 0.15) is 23.7 Å². The quantitative estimate of drug-likeness (QED) is 0.378. The molecule has 0 saturated carbocycles. The maximum absolute atomic E-state index is 12.8. The Labute approximate surface area is 196 Å². The molecule has 0 spiro atoms. The number of benzene rings is 2. The SMILES string of the molecule is CCC(OC(=O)c1ccc2nc(-c3cccnc3)[nH]c2c1)C(=O)Nc1cc(OC)ccc1OC. The first-order valence-electron chi connectivity index (χ1n) is 10.7. The number of fused-ring (bicyclic) bond motifs is 1. The van der Waals surface area contributed by atoms with E-state index in [1.165, 1.54) is 14.2 Å². The molecule has 0 aliphatic heterocycles. The van der Waals surface area contributed by atoms with Crippen LogP contribution in [0.15, 0.2) is 60.9 Å². The highest BCUT2D eigenvalue weighted by molar-refractivity contribution is 5.99. The van der Waals surface area contributed by atoms with Gasteiger partial charge in [0, 0.05) is 24.0 Å². The minimum atomic E-state index is -0.994. The summed E-state index contributed by atoms with van der Waals surface area (Å²) in [6.45, 7) is 1.76. The molecule has 9 heteroatoms. The first kappa shape index (κ1) is 22.8. The molecule has 174 valence electrons. The normalized spacial score (nSPS) is 11.6. The highest BCUT2D eigenvalue weighted by atomic mass is 16.5. The van der Waals surface area contributed by atoms with Crippen molar-refractivity contribution >= 4 is 28.6 Å². The summed E-state index contributed by atoms with van der Waals surface area (Å²) in [4.78, 5) is 37.5. The van der Waals surface area contributed by atoms with Crippen LogP contribution in [0.25, 0.3) is 22.4 Å². The molecule has 0 saturated heterocycles.